The summed E-state index contributed by atoms with van der Waals surface area (Å²) < 4.78 is 5.28. The molecule has 0 spiro atoms. The molecule has 0 bridgehead atoms. The lowest BCUT2D eigenvalue weighted by atomic mass is 10.1. The third-order valence-electron chi connectivity index (χ3n) is 1.97. The van der Waals surface area contributed by atoms with Gasteiger partial charge < -0.3 is 15.8 Å². The molecule has 0 fully saturated rings. The number of benzene rings is 1. The summed E-state index contributed by atoms with van der Waals surface area (Å²) in [5, 5.41) is 2.80. The topological polar surface area (TPSA) is 64.3 Å². The number of hydrogen-bond acceptors (Lipinski definition) is 4. The summed E-state index contributed by atoms with van der Waals surface area (Å²) in [4.78, 5) is 11.5. The minimum atomic E-state index is 0.0206. The average molecular weight is 208 g/mol. The summed E-state index contributed by atoms with van der Waals surface area (Å²) in [5.41, 5.74) is 6.84. The van der Waals surface area contributed by atoms with E-state index < -0.39 is 0 Å². The number of hydrogen-bond donors (Lipinski definition) is 2. The van der Waals surface area contributed by atoms with Crippen LogP contribution in [-0.4, -0.2) is 26.0 Å². The van der Waals surface area contributed by atoms with Crippen molar-refractivity contribution in [2.45, 2.75) is 6.92 Å². The Bertz CT molecular complexity index is 350. The van der Waals surface area contributed by atoms with Crippen LogP contribution in [0.2, 0.25) is 0 Å². The first-order chi connectivity index (χ1) is 7.19. The number of nitrogens with two attached hydrogens (primary N) is 1. The Labute approximate surface area is 89.4 Å². The lowest BCUT2D eigenvalue weighted by molar-refractivity contribution is 0.0993. The maximum atomic E-state index is 11.5. The summed E-state index contributed by atoms with van der Waals surface area (Å²) in [6, 6.07) is 5.09. The maximum absolute atomic E-state index is 11.5. The Kier molecular flexibility index (Phi) is 4.12. The van der Waals surface area contributed by atoms with Gasteiger partial charge in [-0.15, -0.1) is 0 Å². The monoisotopic (exact) mass is 208 g/mol. The van der Waals surface area contributed by atoms with Crippen LogP contribution in [0.4, 0.5) is 5.69 Å². The molecule has 1 aromatic rings. The normalized spacial score (nSPS) is 10.0. The molecule has 0 unspecified atom stereocenters. The Balaban J connectivity index is 2.86. The van der Waals surface area contributed by atoms with Gasteiger partial charge in [-0.2, -0.15) is 0 Å². The van der Waals surface area contributed by atoms with Crippen molar-refractivity contribution in [2.24, 2.45) is 0 Å². The molecule has 82 valence electrons. The fraction of sp³-hybridized carbons (Fsp3) is 0.364. The van der Waals surface area contributed by atoms with E-state index in [1.165, 1.54) is 0 Å². The third-order valence-corrected chi connectivity index (χ3v) is 1.97. The van der Waals surface area contributed by atoms with E-state index in [1.54, 1.807) is 25.2 Å². The first kappa shape index (κ1) is 11.5. The number of carbonyl (C=O) groups excluding carboxylic acids is 1. The second kappa shape index (κ2) is 5.36. The van der Waals surface area contributed by atoms with Crippen LogP contribution in [0, 0.1) is 0 Å². The van der Waals surface area contributed by atoms with E-state index >= 15 is 0 Å². The van der Waals surface area contributed by atoms with Gasteiger partial charge in [0, 0.05) is 5.56 Å². The molecular formula is C11H16N2O2. The molecule has 0 aliphatic carbocycles. The summed E-state index contributed by atoms with van der Waals surface area (Å²) in [6.45, 7) is 2.76. The Morgan fingerprint density at radius 3 is 2.80 bits per heavy atom. The highest BCUT2D eigenvalue weighted by atomic mass is 16.5. The van der Waals surface area contributed by atoms with Gasteiger partial charge in [-0.1, -0.05) is 0 Å². The fourth-order valence-corrected chi connectivity index (χ4v) is 1.27. The van der Waals surface area contributed by atoms with Gasteiger partial charge in [0.05, 0.1) is 18.8 Å². The lowest BCUT2D eigenvalue weighted by Crippen LogP contribution is -2.18. The summed E-state index contributed by atoms with van der Waals surface area (Å²) in [6.07, 6.45) is 0. The zero-order valence-corrected chi connectivity index (χ0v) is 9.04. The van der Waals surface area contributed by atoms with Crippen LogP contribution in [0.15, 0.2) is 18.2 Å². The Morgan fingerprint density at radius 2 is 2.27 bits per heavy atom. The summed E-state index contributed by atoms with van der Waals surface area (Å²) >= 11 is 0. The fourth-order valence-electron chi connectivity index (χ4n) is 1.27. The lowest BCUT2D eigenvalue weighted by Gasteiger charge is -2.08. The van der Waals surface area contributed by atoms with Crippen molar-refractivity contribution in [1.82, 2.24) is 5.32 Å². The van der Waals surface area contributed by atoms with Crippen molar-refractivity contribution in [3.05, 3.63) is 23.8 Å². The quantitative estimate of drug-likeness (QED) is 0.561. The minimum absolute atomic E-state index is 0.0206. The van der Waals surface area contributed by atoms with Crippen molar-refractivity contribution in [3.63, 3.8) is 0 Å². The molecule has 0 saturated heterocycles. The third kappa shape index (κ3) is 2.95. The van der Waals surface area contributed by atoms with Crippen molar-refractivity contribution in [2.75, 3.05) is 25.9 Å². The molecule has 0 amide bonds. The van der Waals surface area contributed by atoms with Crippen LogP contribution in [0.3, 0.4) is 0 Å². The molecule has 1 rings (SSSR count). The molecule has 4 nitrogen and oxygen atoms in total. The molecule has 0 aliphatic rings. The van der Waals surface area contributed by atoms with Gasteiger partial charge >= 0.3 is 0 Å². The molecule has 0 atom stereocenters. The van der Waals surface area contributed by atoms with Gasteiger partial charge in [-0.3, -0.25) is 4.79 Å². The van der Waals surface area contributed by atoms with E-state index in [0.29, 0.717) is 30.2 Å². The first-order valence-electron chi connectivity index (χ1n) is 4.89. The van der Waals surface area contributed by atoms with Crippen LogP contribution in [-0.2, 0) is 0 Å². The van der Waals surface area contributed by atoms with Gasteiger partial charge in [0.1, 0.15) is 5.75 Å². The molecule has 0 aromatic heterocycles. The van der Waals surface area contributed by atoms with Gasteiger partial charge in [0.15, 0.2) is 5.78 Å². The predicted molar refractivity (Wildman–Crippen MR) is 60.3 cm³/mol. The molecule has 15 heavy (non-hydrogen) atoms. The first-order valence-corrected chi connectivity index (χ1v) is 4.89. The van der Waals surface area contributed by atoms with Gasteiger partial charge in [0.2, 0.25) is 0 Å². The highest BCUT2D eigenvalue weighted by Crippen LogP contribution is 2.22. The summed E-state index contributed by atoms with van der Waals surface area (Å²) in [5.74, 6) is 0.644. The van der Waals surface area contributed by atoms with Crippen LogP contribution >= 0.6 is 0 Å². The molecule has 0 saturated carbocycles. The number of nitrogen functional groups attached to an aromatic ring is 1. The number of Topliss-reactive ketones (excluding diaryl/α,β-unsaturated/α-hetero) is 1. The number of ketones is 1. The van der Waals surface area contributed by atoms with Gasteiger partial charge in [-0.05, 0) is 32.2 Å². The van der Waals surface area contributed by atoms with Crippen molar-refractivity contribution < 1.29 is 9.53 Å². The zero-order valence-electron chi connectivity index (χ0n) is 9.04. The highest BCUT2D eigenvalue weighted by Gasteiger charge is 2.07. The van der Waals surface area contributed by atoms with Crippen LogP contribution in [0.25, 0.3) is 0 Å². The number of nitrogens with one attached hydrogen (secondary N) is 1. The second-order valence-corrected chi connectivity index (χ2v) is 3.14. The van der Waals surface area contributed by atoms with E-state index in [0.717, 1.165) is 0 Å². The van der Waals surface area contributed by atoms with E-state index in [9.17, 15) is 4.79 Å². The summed E-state index contributed by atoms with van der Waals surface area (Å²) in [7, 11) is 1.73. The smallest absolute Gasteiger partial charge is 0.176 e. The van der Waals surface area contributed by atoms with Crippen molar-refractivity contribution >= 4 is 11.5 Å². The molecule has 0 aliphatic heterocycles. The van der Waals surface area contributed by atoms with E-state index in [1.807, 2.05) is 6.92 Å². The number of likely N-dealkylation sites (N-methyl/N-ethyl adjacent to an activating group) is 1. The molecule has 3 N–H and O–H groups in total. The Morgan fingerprint density at radius 1 is 1.53 bits per heavy atom. The van der Waals surface area contributed by atoms with Gasteiger partial charge in [-0.25, -0.2) is 0 Å². The molecular weight excluding hydrogens is 192 g/mol. The number of anilines is 1. The van der Waals surface area contributed by atoms with Crippen LogP contribution < -0.4 is 15.8 Å². The van der Waals surface area contributed by atoms with Gasteiger partial charge in [0.25, 0.3) is 0 Å². The number of carbonyl (C=O) groups is 1. The van der Waals surface area contributed by atoms with E-state index in [4.69, 9.17) is 10.5 Å². The molecule has 1 aromatic carbocycles. The maximum Gasteiger partial charge on any atom is 0.176 e. The highest BCUT2D eigenvalue weighted by molar-refractivity contribution is 5.98. The molecule has 0 heterocycles. The van der Waals surface area contributed by atoms with Crippen LogP contribution in [0.1, 0.15) is 17.3 Å². The van der Waals surface area contributed by atoms with Crippen LogP contribution in [0.5, 0.6) is 5.75 Å². The average Bonchev–Trinajstić information content (AvgIpc) is 2.21. The molecule has 4 heteroatoms. The minimum Gasteiger partial charge on any atom is -0.492 e. The second-order valence-electron chi connectivity index (χ2n) is 3.14. The predicted octanol–water partition coefficient (Wildman–Crippen LogP) is 1.07. The molecule has 0 radical (unpaired) electrons. The number of ether oxygens (including phenoxy) is 1. The number of rotatable bonds is 5. The van der Waals surface area contributed by atoms with Crippen molar-refractivity contribution in [1.29, 1.82) is 0 Å². The zero-order chi connectivity index (χ0) is 11.3. The Hall–Kier alpha value is -1.55. The largest absolute Gasteiger partial charge is 0.492 e. The standard InChI is InChI=1S/C11H16N2O2/c1-3-15-11-5-4-8(6-9(11)12)10(14)7-13-2/h4-6,13H,3,7,12H2,1-2H3. The van der Waals surface area contributed by atoms with E-state index in [-0.39, 0.29) is 5.78 Å². The SMILES string of the molecule is CCOc1ccc(C(=O)CNC)cc1N. The van der Waals surface area contributed by atoms with E-state index in [2.05, 4.69) is 5.32 Å². The van der Waals surface area contributed by atoms with Crippen molar-refractivity contribution in [3.8, 4) is 5.75 Å².